The van der Waals surface area contributed by atoms with Crippen molar-refractivity contribution in [1.29, 1.82) is 0 Å². The third-order valence-corrected chi connectivity index (χ3v) is 8.09. The summed E-state index contributed by atoms with van der Waals surface area (Å²) >= 11 is 0. The molecule has 0 bridgehead atoms. The Hall–Kier alpha value is -4.04. The van der Waals surface area contributed by atoms with Gasteiger partial charge < -0.3 is 15.2 Å². The summed E-state index contributed by atoms with van der Waals surface area (Å²) in [4.78, 5) is 41.7. The molecule has 6 rings (SSSR count). The standard InChI is InChI=1S/C32H36N6O2/c1-19-14-22(15-23-18-38(11-9-25(19)23)12-10-29(39)35-24-6-7-24)28-17-34-31-30(36-28)27(16-33-31)21-5-8-26(20(2)13-21)32(40)37(3)4/h5,8,13-17,24H,6-7,9-12,18H2,1-4H3,(H,33,34)(H,35,39). The molecule has 0 spiro atoms. The monoisotopic (exact) mass is 536 g/mol. The molecule has 0 atom stereocenters. The van der Waals surface area contributed by atoms with E-state index in [1.165, 1.54) is 16.7 Å². The molecule has 1 fully saturated rings. The molecule has 8 heteroatoms. The normalized spacial score (nSPS) is 15.2. The van der Waals surface area contributed by atoms with Crippen molar-refractivity contribution < 1.29 is 9.59 Å². The summed E-state index contributed by atoms with van der Waals surface area (Å²) in [5.74, 6) is 0.158. The summed E-state index contributed by atoms with van der Waals surface area (Å²) in [6.45, 7) is 6.72. The predicted molar refractivity (Wildman–Crippen MR) is 157 cm³/mol. The van der Waals surface area contributed by atoms with Crippen molar-refractivity contribution in [2.75, 3.05) is 27.2 Å². The van der Waals surface area contributed by atoms with Crippen molar-refractivity contribution in [2.45, 2.75) is 52.1 Å². The van der Waals surface area contributed by atoms with E-state index in [1.54, 1.807) is 19.0 Å². The molecule has 8 nitrogen and oxygen atoms in total. The number of carbonyl (C=O) groups excluding carboxylic acids is 2. The van der Waals surface area contributed by atoms with Crippen LogP contribution >= 0.6 is 0 Å². The van der Waals surface area contributed by atoms with E-state index in [0.29, 0.717) is 18.0 Å². The quantitative estimate of drug-likeness (QED) is 0.359. The zero-order valence-electron chi connectivity index (χ0n) is 23.7. The molecule has 0 saturated heterocycles. The topological polar surface area (TPSA) is 94.2 Å². The van der Waals surface area contributed by atoms with E-state index in [-0.39, 0.29) is 11.8 Å². The number of aromatic amines is 1. The first-order valence-electron chi connectivity index (χ1n) is 14.1. The van der Waals surface area contributed by atoms with E-state index in [4.69, 9.17) is 9.97 Å². The SMILES string of the molecule is Cc1cc(-c2c[nH]c3ncc(-c4cc(C)c5c(c4)CN(CCC(=O)NC4CC4)CC5)nc23)ccc1C(=O)N(C)C. The molecule has 1 aliphatic heterocycles. The molecule has 2 aliphatic rings. The molecule has 4 aromatic rings. The Kier molecular flexibility index (Phi) is 6.88. The van der Waals surface area contributed by atoms with Crippen LogP contribution in [0.1, 0.15) is 51.9 Å². The lowest BCUT2D eigenvalue weighted by molar-refractivity contribution is -0.121. The minimum absolute atomic E-state index is 0.00655. The molecule has 2 aromatic carbocycles. The van der Waals surface area contributed by atoms with E-state index in [0.717, 1.165) is 78.0 Å². The van der Waals surface area contributed by atoms with Gasteiger partial charge in [-0.25, -0.2) is 9.97 Å². The number of H-pyrrole nitrogens is 1. The van der Waals surface area contributed by atoms with Crippen LogP contribution in [0.2, 0.25) is 0 Å². The van der Waals surface area contributed by atoms with Gasteiger partial charge >= 0.3 is 0 Å². The Morgan fingerprint density at radius 1 is 1.10 bits per heavy atom. The zero-order valence-corrected chi connectivity index (χ0v) is 23.7. The van der Waals surface area contributed by atoms with Crippen LogP contribution in [0.5, 0.6) is 0 Å². The van der Waals surface area contributed by atoms with Crippen LogP contribution in [0, 0.1) is 13.8 Å². The fourth-order valence-electron chi connectivity index (χ4n) is 5.67. The number of hydrogen-bond donors (Lipinski definition) is 2. The first kappa shape index (κ1) is 26.2. The minimum Gasteiger partial charge on any atom is -0.353 e. The van der Waals surface area contributed by atoms with Gasteiger partial charge in [-0.3, -0.25) is 14.5 Å². The van der Waals surface area contributed by atoms with Gasteiger partial charge in [-0.1, -0.05) is 12.1 Å². The number of fused-ring (bicyclic) bond motifs is 2. The average molecular weight is 537 g/mol. The summed E-state index contributed by atoms with van der Waals surface area (Å²) in [5, 5.41) is 3.10. The minimum atomic E-state index is -0.00655. The van der Waals surface area contributed by atoms with Crippen molar-refractivity contribution in [1.82, 2.24) is 30.1 Å². The summed E-state index contributed by atoms with van der Waals surface area (Å²) in [6, 6.07) is 10.8. The molecule has 2 aromatic heterocycles. The molecule has 3 heterocycles. The van der Waals surface area contributed by atoms with E-state index in [2.05, 4.69) is 34.3 Å². The summed E-state index contributed by atoms with van der Waals surface area (Å²) in [6.07, 6.45) is 7.54. The Morgan fingerprint density at radius 3 is 2.65 bits per heavy atom. The molecule has 40 heavy (non-hydrogen) atoms. The van der Waals surface area contributed by atoms with Gasteiger partial charge in [-0.2, -0.15) is 0 Å². The van der Waals surface area contributed by atoms with Crippen LogP contribution in [0.25, 0.3) is 33.5 Å². The summed E-state index contributed by atoms with van der Waals surface area (Å²) in [5.41, 5.74) is 11.0. The summed E-state index contributed by atoms with van der Waals surface area (Å²) in [7, 11) is 3.53. The van der Waals surface area contributed by atoms with Gasteiger partial charge in [-0.15, -0.1) is 0 Å². The number of carbonyl (C=O) groups is 2. The molecule has 206 valence electrons. The Labute approximate surface area is 234 Å². The van der Waals surface area contributed by atoms with Crippen LogP contribution in [0.15, 0.2) is 42.7 Å². The maximum Gasteiger partial charge on any atom is 0.253 e. The average Bonchev–Trinajstić information content (AvgIpc) is 3.65. The van der Waals surface area contributed by atoms with Gasteiger partial charge in [0.2, 0.25) is 5.91 Å². The molecular formula is C32H36N6O2. The van der Waals surface area contributed by atoms with E-state index >= 15 is 0 Å². The Balaban J connectivity index is 1.26. The van der Waals surface area contributed by atoms with Crippen molar-refractivity contribution >= 4 is 23.0 Å². The van der Waals surface area contributed by atoms with Gasteiger partial charge in [-0.05, 0) is 79.1 Å². The number of aryl methyl sites for hydroxylation is 2. The van der Waals surface area contributed by atoms with Gasteiger partial charge in [0.05, 0.1) is 11.9 Å². The highest BCUT2D eigenvalue weighted by Gasteiger charge is 2.24. The van der Waals surface area contributed by atoms with Gasteiger partial charge in [0.1, 0.15) is 5.52 Å². The molecule has 0 unspecified atom stereocenters. The molecule has 2 amide bonds. The lowest BCUT2D eigenvalue weighted by atomic mass is 9.92. The molecule has 1 aliphatic carbocycles. The second kappa shape index (κ2) is 10.5. The van der Waals surface area contributed by atoms with Crippen LogP contribution < -0.4 is 5.32 Å². The van der Waals surface area contributed by atoms with Gasteiger partial charge in [0, 0.05) is 69.1 Å². The number of hydrogen-bond acceptors (Lipinski definition) is 5. The number of benzene rings is 2. The van der Waals surface area contributed by atoms with Crippen LogP contribution in [0.3, 0.4) is 0 Å². The maximum absolute atomic E-state index is 12.5. The fourth-order valence-corrected chi connectivity index (χ4v) is 5.67. The highest BCUT2D eigenvalue weighted by molar-refractivity contribution is 5.97. The first-order valence-corrected chi connectivity index (χ1v) is 14.1. The molecule has 0 radical (unpaired) electrons. The van der Waals surface area contributed by atoms with Gasteiger partial charge in [0.15, 0.2) is 5.65 Å². The Morgan fingerprint density at radius 2 is 1.90 bits per heavy atom. The number of amides is 2. The molecule has 2 N–H and O–H groups in total. The highest BCUT2D eigenvalue weighted by Crippen LogP contribution is 2.32. The van der Waals surface area contributed by atoms with E-state index in [1.807, 2.05) is 37.5 Å². The molecular weight excluding hydrogens is 500 g/mol. The van der Waals surface area contributed by atoms with Crippen molar-refractivity contribution in [3.05, 3.63) is 70.5 Å². The van der Waals surface area contributed by atoms with Crippen molar-refractivity contribution in [2.24, 2.45) is 0 Å². The Bertz CT molecular complexity index is 1620. The lowest BCUT2D eigenvalue weighted by Gasteiger charge is -2.30. The van der Waals surface area contributed by atoms with Crippen LogP contribution in [-0.2, 0) is 17.8 Å². The fraction of sp³-hybridized carbons (Fsp3) is 0.375. The lowest BCUT2D eigenvalue weighted by Crippen LogP contribution is -2.35. The van der Waals surface area contributed by atoms with Crippen LogP contribution in [0.4, 0.5) is 0 Å². The maximum atomic E-state index is 12.5. The second-order valence-electron chi connectivity index (χ2n) is 11.4. The number of nitrogens with one attached hydrogen (secondary N) is 2. The molecule has 1 saturated carbocycles. The third kappa shape index (κ3) is 5.23. The number of rotatable bonds is 7. The first-order chi connectivity index (χ1) is 19.3. The third-order valence-electron chi connectivity index (χ3n) is 8.09. The van der Waals surface area contributed by atoms with E-state index in [9.17, 15) is 9.59 Å². The van der Waals surface area contributed by atoms with Crippen molar-refractivity contribution in [3.63, 3.8) is 0 Å². The smallest absolute Gasteiger partial charge is 0.253 e. The predicted octanol–water partition coefficient (Wildman–Crippen LogP) is 4.64. The summed E-state index contributed by atoms with van der Waals surface area (Å²) < 4.78 is 0. The van der Waals surface area contributed by atoms with Gasteiger partial charge in [0.25, 0.3) is 5.91 Å². The highest BCUT2D eigenvalue weighted by atomic mass is 16.2. The van der Waals surface area contributed by atoms with Crippen LogP contribution in [-0.4, -0.2) is 69.8 Å². The van der Waals surface area contributed by atoms with Crippen molar-refractivity contribution in [3.8, 4) is 22.4 Å². The second-order valence-corrected chi connectivity index (χ2v) is 11.4. The number of nitrogens with zero attached hydrogens (tertiary/aromatic N) is 4. The largest absolute Gasteiger partial charge is 0.353 e. The van der Waals surface area contributed by atoms with E-state index < -0.39 is 0 Å². The number of aromatic nitrogens is 3. The zero-order chi connectivity index (χ0) is 28.0.